The molecule has 0 aromatic carbocycles. The van der Waals surface area contributed by atoms with Gasteiger partial charge in [0.05, 0.1) is 24.8 Å². The van der Waals surface area contributed by atoms with Gasteiger partial charge in [-0.25, -0.2) is 0 Å². The molecule has 1 unspecified atom stereocenters. The number of carbonyl (C=O) groups excluding carboxylic acids is 1. The zero-order valence-electron chi connectivity index (χ0n) is 8.05. The van der Waals surface area contributed by atoms with Crippen LogP contribution in [0.25, 0.3) is 0 Å². The molecule has 0 aliphatic carbocycles. The fourth-order valence-corrected chi connectivity index (χ4v) is 2.11. The number of carbonyl (C=O) groups is 1. The summed E-state index contributed by atoms with van der Waals surface area (Å²) >= 11 is 1.49. The van der Waals surface area contributed by atoms with Gasteiger partial charge in [0.2, 0.25) is 0 Å². The number of thiophene rings is 1. The molecule has 0 saturated carbocycles. The Hall–Kier alpha value is -1.38. The summed E-state index contributed by atoms with van der Waals surface area (Å²) in [7, 11) is 0. The van der Waals surface area contributed by atoms with E-state index in [-0.39, 0.29) is 5.91 Å². The van der Waals surface area contributed by atoms with Gasteiger partial charge < -0.3 is 9.64 Å². The Morgan fingerprint density at radius 1 is 1.73 bits per heavy atom. The molecule has 0 N–H and O–H groups in total. The minimum Gasteiger partial charge on any atom is -0.360 e. The lowest BCUT2D eigenvalue weighted by atomic mass is 10.2. The number of rotatable bonds is 1. The number of ether oxygens (including phenoxy) is 1. The molecular weight excluding hydrogens is 212 g/mol. The molecule has 1 aliphatic heterocycles. The quantitative estimate of drug-likeness (QED) is 0.715. The first-order valence-electron chi connectivity index (χ1n) is 4.64. The molecule has 15 heavy (non-hydrogen) atoms. The maximum atomic E-state index is 11.9. The van der Waals surface area contributed by atoms with Gasteiger partial charge in [-0.15, -0.1) is 0 Å². The fraction of sp³-hybridized carbons (Fsp3) is 0.400. The van der Waals surface area contributed by atoms with Gasteiger partial charge >= 0.3 is 0 Å². The van der Waals surface area contributed by atoms with Crippen molar-refractivity contribution in [1.29, 1.82) is 5.26 Å². The largest absolute Gasteiger partial charge is 0.360 e. The van der Waals surface area contributed by atoms with Crippen molar-refractivity contribution in [3.8, 4) is 6.07 Å². The number of nitriles is 1. The van der Waals surface area contributed by atoms with Crippen LogP contribution >= 0.6 is 11.3 Å². The summed E-state index contributed by atoms with van der Waals surface area (Å²) in [6, 6.07) is 3.82. The highest BCUT2D eigenvalue weighted by Crippen LogP contribution is 2.12. The minimum absolute atomic E-state index is 0.0141. The summed E-state index contributed by atoms with van der Waals surface area (Å²) in [6.45, 7) is 1.37. The number of morpholine rings is 1. The summed E-state index contributed by atoms with van der Waals surface area (Å²) in [4.78, 5) is 13.6. The van der Waals surface area contributed by atoms with Crippen LogP contribution in [0.2, 0.25) is 0 Å². The van der Waals surface area contributed by atoms with Crippen molar-refractivity contribution >= 4 is 17.2 Å². The Bertz CT molecular complexity index is 383. The summed E-state index contributed by atoms with van der Waals surface area (Å²) in [5.74, 6) is -0.0141. The van der Waals surface area contributed by atoms with Gasteiger partial charge in [0.25, 0.3) is 5.91 Å². The molecule has 1 aromatic rings. The topological polar surface area (TPSA) is 53.3 Å². The van der Waals surface area contributed by atoms with Gasteiger partial charge in [0, 0.05) is 11.9 Å². The lowest BCUT2D eigenvalue weighted by Gasteiger charge is -2.29. The van der Waals surface area contributed by atoms with E-state index in [1.807, 2.05) is 16.8 Å². The van der Waals surface area contributed by atoms with E-state index in [4.69, 9.17) is 10.00 Å². The number of nitrogens with zero attached hydrogens (tertiary/aromatic N) is 2. The highest BCUT2D eigenvalue weighted by Gasteiger charge is 2.24. The molecule has 4 nitrogen and oxygen atoms in total. The monoisotopic (exact) mass is 222 g/mol. The second-order valence-electron chi connectivity index (χ2n) is 3.25. The number of hydrogen-bond donors (Lipinski definition) is 0. The zero-order chi connectivity index (χ0) is 10.7. The third-order valence-electron chi connectivity index (χ3n) is 2.27. The van der Waals surface area contributed by atoms with E-state index in [0.717, 1.165) is 0 Å². The van der Waals surface area contributed by atoms with Crippen molar-refractivity contribution in [2.75, 3.05) is 19.7 Å². The Balaban J connectivity index is 2.05. The Morgan fingerprint density at radius 3 is 3.27 bits per heavy atom. The van der Waals surface area contributed by atoms with Gasteiger partial charge in [-0.05, 0) is 11.4 Å². The van der Waals surface area contributed by atoms with Crippen LogP contribution in [0.1, 0.15) is 10.4 Å². The highest BCUT2D eigenvalue weighted by atomic mass is 32.1. The molecule has 1 saturated heterocycles. The molecule has 78 valence electrons. The normalized spacial score (nSPS) is 21.0. The van der Waals surface area contributed by atoms with Crippen LogP contribution in [0, 0.1) is 11.3 Å². The Kier molecular flexibility index (Phi) is 2.99. The van der Waals surface area contributed by atoms with Crippen LogP contribution in [-0.2, 0) is 4.74 Å². The van der Waals surface area contributed by atoms with Crippen molar-refractivity contribution < 1.29 is 9.53 Å². The van der Waals surface area contributed by atoms with Crippen molar-refractivity contribution in [2.24, 2.45) is 0 Å². The van der Waals surface area contributed by atoms with Crippen LogP contribution in [0.5, 0.6) is 0 Å². The predicted octanol–water partition coefficient (Wildman–Crippen LogP) is 1.11. The minimum atomic E-state index is -0.485. The maximum Gasteiger partial charge on any atom is 0.254 e. The fourth-order valence-electron chi connectivity index (χ4n) is 1.48. The molecule has 0 bridgehead atoms. The molecule has 1 aliphatic rings. The van der Waals surface area contributed by atoms with E-state index >= 15 is 0 Å². The zero-order valence-corrected chi connectivity index (χ0v) is 8.87. The molecule has 5 heteroatoms. The first-order chi connectivity index (χ1) is 7.31. The van der Waals surface area contributed by atoms with Crippen molar-refractivity contribution in [2.45, 2.75) is 6.10 Å². The van der Waals surface area contributed by atoms with Crippen molar-refractivity contribution in [3.05, 3.63) is 22.4 Å². The summed E-state index contributed by atoms with van der Waals surface area (Å²) < 4.78 is 5.17. The molecule has 1 atom stereocenters. The van der Waals surface area contributed by atoms with Crippen LogP contribution in [0.15, 0.2) is 16.8 Å². The van der Waals surface area contributed by atoms with E-state index in [1.54, 1.807) is 11.0 Å². The molecule has 2 heterocycles. The number of hydrogen-bond acceptors (Lipinski definition) is 4. The Morgan fingerprint density at radius 2 is 2.60 bits per heavy atom. The summed E-state index contributed by atoms with van der Waals surface area (Å²) in [5, 5.41) is 12.4. The highest BCUT2D eigenvalue weighted by molar-refractivity contribution is 7.08. The molecular formula is C10H10N2O2S. The second kappa shape index (κ2) is 4.43. The van der Waals surface area contributed by atoms with Gasteiger partial charge in [0.15, 0.2) is 6.10 Å². The van der Waals surface area contributed by atoms with Crippen LogP contribution in [0.4, 0.5) is 0 Å². The van der Waals surface area contributed by atoms with Crippen molar-refractivity contribution in [3.63, 3.8) is 0 Å². The van der Waals surface area contributed by atoms with Crippen molar-refractivity contribution in [1.82, 2.24) is 4.90 Å². The lowest BCUT2D eigenvalue weighted by Crippen LogP contribution is -2.45. The van der Waals surface area contributed by atoms with Gasteiger partial charge in [-0.1, -0.05) is 0 Å². The molecule has 0 spiro atoms. The SMILES string of the molecule is N#CC1CN(C(=O)c2ccsc2)CCO1. The molecule has 1 amide bonds. The van der Waals surface area contributed by atoms with Crippen LogP contribution in [-0.4, -0.2) is 36.6 Å². The smallest absolute Gasteiger partial charge is 0.254 e. The third-order valence-corrected chi connectivity index (χ3v) is 2.95. The van der Waals surface area contributed by atoms with Gasteiger partial charge in [-0.3, -0.25) is 4.79 Å². The first kappa shape index (κ1) is 10.1. The lowest BCUT2D eigenvalue weighted by molar-refractivity contribution is 0.00349. The number of amides is 1. The van der Waals surface area contributed by atoms with Gasteiger partial charge in [-0.2, -0.15) is 16.6 Å². The average Bonchev–Trinajstić information content (AvgIpc) is 2.81. The predicted molar refractivity (Wildman–Crippen MR) is 55.6 cm³/mol. The van der Waals surface area contributed by atoms with E-state index in [2.05, 4.69) is 0 Å². The van der Waals surface area contributed by atoms with Crippen LogP contribution < -0.4 is 0 Å². The summed E-state index contributed by atoms with van der Waals surface area (Å²) in [6.07, 6.45) is -0.485. The van der Waals surface area contributed by atoms with E-state index in [9.17, 15) is 4.79 Å². The van der Waals surface area contributed by atoms with Gasteiger partial charge in [0.1, 0.15) is 0 Å². The molecule has 1 aromatic heterocycles. The third kappa shape index (κ3) is 2.17. The molecule has 2 rings (SSSR count). The molecule has 0 radical (unpaired) electrons. The summed E-state index contributed by atoms with van der Waals surface area (Å²) in [5.41, 5.74) is 0.693. The average molecular weight is 222 g/mol. The maximum absolute atomic E-state index is 11.9. The van der Waals surface area contributed by atoms with E-state index in [0.29, 0.717) is 25.3 Å². The molecule has 1 fully saturated rings. The standard InChI is InChI=1S/C10H10N2O2S/c11-5-9-6-12(2-3-14-9)10(13)8-1-4-15-7-8/h1,4,7,9H,2-3,6H2. The van der Waals surface area contributed by atoms with E-state index < -0.39 is 6.10 Å². The van der Waals surface area contributed by atoms with E-state index in [1.165, 1.54) is 11.3 Å². The second-order valence-corrected chi connectivity index (χ2v) is 4.03. The first-order valence-corrected chi connectivity index (χ1v) is 5.58. The van der Waals surface area contributed by atoms with Crippen LogP contribution in [0.3, 0.4) is 0 Å². The Labute approximate surface area is 91.7 Å².